The second kappa shape index (κ2) is 26.6. The SMILES string of the molecule is CC1(c2cc3c(OCc4ccccc4)c(c2)Cc2cc(C4(C)CCCCC4)cc(c2OCc2ccccc2)Cc2cc(C4(C)CCCCC4)cc(c2OCc2ccccc2)Cc2cc(C4(C)CCCCC4)cc(c2OCc2ccccc2)C3)CCCCC1. The van der Waals surface area contributed by atoms with Gasteiger partial charge in [0.05, 0.1) is 0 Å². The van der Waals surface area contributed by atoms with Gasteiger partial charge in [0, 0.05) is 25.7 Å². The summed E-state index contributed by atoms with van der Waals surface area (Å²) >= 11 is 0. The van der Waals surface area contributed by atoms with Gasteiger partial charge in [-0.3, -0.25) is 0 Å². The molecule has 5 aliphatic rings. The largest absolute Gasteiger partial charge is 0.488 e. The van der Waals surface area contributed by atoms with Crippen molar-refractivity contribution >= 4 is 0 Å². The van der Waals surface area contributed by atoms with Gasteiger partial charge in [0.15, 0.2) is 0 Å². The third kappa shape index (κ3) is 13.4. The molecule has 0 unspecified atom stereocenters. The van der Waals surface area contributed by atoms with Crippen molar-refractivity contribution in [1.82, 2.24) is 0 Å². The van der Waals surface area contributed by atoms with E-state index in [4.69, 9.17) is 18.9 Å². The minimum absolute atomic E-state index is 0.0244. The first-order valence-corrected chi connectivity index (χ1v) is 34.3. The Hall–Kier alpha value is -7.04. The summed E-state index contributed by atoms with van der Waals surface area (Å²) in [6.45, 7) is 12.1. The van der Waals surface area contributed by atoms with Crippen LogP contribution in [0.3, 0.4) is 0 Å². The molecule has 4 heteroatoms. The van der Waals surface area contributed by atoms with Crippen LogP contribution < -0.4 is 18.9 Å². The smallest absolute Gasteiger partial charge is 0.126 e. The van der Waals surface area contributed by atoms with Crippen molar-refractivity contribution in [2.45, 2.75) is 230 Å². The van der Waals surface area contributed by atoms with Crippen molar-refractivity contribution < 1.29 is 18.9 Å². The molecule has 4 fully saturated rings. The second-order valence-electron chi connectivity index (χ2n) is 28.8. The lowest BCUT2D eigenvalue weighted by molar-refractivity contribution is 0.290. The molecule has 0 spiro atoms. The maximum atomic E-state index is 7.59. The van der Waals surface area contributed by atoms with E-state index in [0.29, 0.717) is 52.1 Å². The maximum absolute atomic E-state index is 7.59. The number of ether oxygens (including phenoxy) is 4. The summed E-state index contributed by atoms with van der Waals surface area (Å²) in [5.74, 6) is 4.00. The van der Waals surface area contributed by atoms with Gasteiger partial charge in [0.25, 0.3) is 0 Å². The van der Waals surface area contributed by atoms with E-state index >= 15 is 0 Å². The fourth-order valence-corrected chi connectivity index (χ4v) is 16.4. The molecule has 13 rings (SSSR count). The van der Waals surface area contributed by atoms with Gasteiger partial charge in [-0.25, -0.2) is 0 Å². The van der Waals surface area contributed by atoms with Crippen LogP contribution in [-0.2, 0) is 73.8 Å². The number of fused-ring (bicyclic) bond motifs is 8. The molecule has 8 aromatic carbocycles. The Morgan fingerprint density at radius 1 is 0.239 bits per heavy atom. The van der Waals surface area contributed by atoms with E-state index in [-0.39, 0.29) is 21.7 Å². The van der Waals surface area contributed by atoms with Crippen LogP contribution in [0.4, 0.5) is 0 Å². The van der Waals surface area contributed by atoms with Gasteiger partial charge in [-0.05, 0) is 162 Å². The second-order valence-corrected chi connectivity index (χ2v) is 28.8. The first-order chi connectivity index (χ1) is 43.0. The highest BCUT2D eigenvalue weighted by Gasteiger charge is 2.37. The van der Waals surface area contributed by atoms with Crippen molar-refractivity contribution in [2.75, 3.05) is 0 Å². The first kappa shape index (κ1) is 59.9. The zero-order valence-corrected chi connectivity index (χ0v) is 53.6. The Bertz CT molecular complexity index is 3050. The van der Waals surface area contributed by atoms with E-state index in [1.165, 1.54) is 217 Å². The summed E-state index contributed by atoms with van der Waals surface area (Å²) < 4.78 is 30.3. The molecular weight excluding hydrogens is 1070 g/mol. The van der Waals surface area contributed by atoms with E-state index in [9.17, 15) is 0 Å². The number of benzene rings is 8. The molecule has 5 aliphatic carbocycles. The molecule has 8 aromatic rings. The quantitative estimate of drug-likeness (QED) is 0.0966. The van der Waals surface area contributed by atoms with E-state index in [2.05, 4.69) is 198 Å². The minimum Gasteiger partial charge on any atom is -0.488 e. The third-order valence-corrected chi connectivity index (χ3v) is 22.0. The van der Waals surface area contributed by atoms with E-state index < -0.39 is 0 Å². The van der Waals surface area contributed by atoms with Gasteiger partial charge >= 0.3 is 0 Å². The van der Waals surface area contributed by atoms with Gasteiger partial charge in [0.1, 0.15) is 49.4 Å². The van der Waals surface area contributed by atoms with Crippen LogP contribution in [0.5, 0.6) is 23.0 Å². The lowest BCUT2D eigenvalue weighted by atomic mass is 9.68. The van der Waals surface area contributed by atoms with E-state index in [1.807, 2.05) is 0 Å². The topological polar surface area (TPSA) is 36.9 Å². The fourth-order valence-electron chi connectivity index (χ4n) is 16.4. The summed E-state index contributed by atoms with van der Waals surface area (Å²) in [4.78, 5) is 0. The molecule has 8 bridgehead atoms. The van der Waals surface area contributed by atoms with Gasteiger partial charge in [-0.2, -0.15) is 0 Å². The van der Waals surface area contributed by atoms with Crippen LogP contribution >= 0.6 is 0 Å². The lowest BCUT2D eigenvalue weighted by Crippen LogP contribution is -2.27. The lowest BCUT2D eigenvalue weighted by Gasteiger charge is -2.37. The zero-order chi connectivity index (χ0) is 60.0. The average Bonchev–Trinajstić information content (AvgIpc) is 1.32. The van der Waals surface area contributed by atoms with Crippen LogP contribution in [-0.4, -0.2) is 0 Å². The monoisotopic (exact) mass is 1170 g/mol. The summed E-state index contributed by atoms with van der Waals surface area (Å²) in [5.41, 5.74) is 20.5. The summed E-state index contributed by atoms with van der Waals surface area (Å²) in [6, 6.07) is 64.2. The maximum Gasteiger partial charge on any atom is 0.126 e. The normalized spacial score (nSPS) is 18.6. The molecule has 4 saturated carbocycles. The molecule has 0 amide bonds. The predicted molar refractivity (Wildman–Crippen MR) is 362 cm³/mol. The van der Waals surface area contributed by atoms with Crippen molar-refractivity contribution in [1.29, 1.82) is 0 Å². The molecule has 0 saturated heterocycles. The van der Waals surface area contributed by atoms with Crippen molar-refractivity contribution in [3.05, 3.63) is 259 Å². The molecule has 0 atom stereocenters. The molecule has 0 heterocycles. The van der Waals surface area contributed by atoms with Crippen molar-refractivity contribution in [3.63, 3.8) is 0 Å². The Morgan fingerprint density at radius 2 is 0.409 bits per heavy atom. The summed E-state index contributed by atoms with van der Waals surface area (Å²) in [6.07, 6.45) is 27.2. The Morgan fingerprint density at radius 3 is 0.580 bits per heavy atom. The zero-order valence-electron chi connectivity index (χ0n) is 53.6. The number of rotatable bonds is 16. The Kier molecular flexibility index (Phi) is 18.1. The molecule has 4 nitrogen and oxygen atoms in total. The van der Waals surface area contributed by atoms with Crippen LogP contribution in [0.25, 0.3) is 0 Å². The summed E-state index contributed by atoms with van der Waals surface area (Å²) in [5, 5.41) is 0. The molecule has 0 aliphatic heterocycles. The molecule has 0 aromatic heterocycles. The van der Waals surface area contributed by atoms with Crippen molar-refractivity contribution in [3.8, 4) is 23.0 Å². The van der Waals surface area contributed by atoms with E-state index in [1.54, 1.807) is 0 Å². The first-order valence-electron chi connectivity index (χ1n) is 34.3. The predicted octanol–water partition coefficient (Wildman–Crippen LogP) is 21.6. The molecule has 0 radical (unpaired) electrons. The fraction of sp³-hybridized carbons (Fsp3) is 0.429. The van der Waals surface area contributed by atoms with Crippen LogP contribution in [0.15, 0.2) is 170 Å². The van der Waals surface area contributed by atoms with Crippen LogP contribution in [0, 0.1) is 0 Å². The molecule has 88 heavy (non-hydrogen) atoms. The summed E-state index contributed by atoms with van der Waals surface area (Å²) in [7, 11) is 0. The average molecular weight is 1170 g/mol. The van der Waals surface area contributed by atoms with Gasteiger partial charge in [0.2, 0.25) is 0 Å². The van der Waals surface area contributed by atoms with E-state index in [0.717, 1.165) is 23.0 Å². The molecular formula is C84H96O4. The minimum atomic E-state index is 0.0244. The van der Waals surface area contributed by atoms with Crippen molar-refractivity contribution in [2.24, 2.45) is 0 Å². The molecule has 0 N–H and O–H groups in total. The third-order valence-electron chi connectivity index (χ3n) is 22.0. The highest BCUT2D eigenvalue weighted by atomic mass is 16.5. The number of hydrogen-bond donors (Lipinski definition) is 0. The highest BCUT2D eigenvalue weighted by Crippen LogP contribution is 2.50. The van der Waals surface area contributed by atoms with Gasteiger partial charge in [-0.15, -0.1) is 0 Å². The highest BCUT2D eigenvalue weighted by molar-refractivity contribution is 5.61. The van der Waals surface area contributed by atoms with Crippen LogP contribution in [0.1, 0.15) is 245 Å². The Labute approximate surface area is 527 Å². The van der Waals surface area contributed by atoms with Crippen LogP contribution in [0.2, 0.25) is 0 Å². The Balaban J connectivity index is 1.12. The molecule has 456 valence electrons. The van der Waals surface area contributed by atoms with Gasteiger partial charge < -0.3 is 18.9 Å². The number of hydrogen-bond acceptors (Lipinski definition) is 4. The standard InChI is InChI=1S/C84H96O4/c1-81(37-21-9-22-38-81)73-49-65-45-67-51-74(82(2)39-23-10-24-40-82)53-69(78(67)86-58-62-31-15-6-16-32-62)47-71-55-76(84(4)43-27-12-28-44-84)56-72(80(71)88-60-64-35-19-8-20-36-64)48-70-54-75(83(3)41-25-11-26-42-83)52-68(79(70)87-59-63-33-17-7-18-34-63)46-66(50-73)77(65)85-57-61-29-13-5-14-30-61/h5-8,13-20,29-36,49-56H,9-12,21-28,37-48,57-60H2,1-4H3. The van der Waals surface area contributed by atoms with Gasteiger partial charge in [-0.1, -0.05) is 275 Å².